The molecular formula is C11H17NO6S. The van der Waals surface area contributed by atoms with Gasteiger partial charge in [0.25, 0.3) is 10.1 Å². The normalized spacial score (nSPS) is 10.3. The second kappa shape index (κ2) is 8.59. The van der Waals surface area contributed by atoms with Crippen molar-refractivity contribution in [2.75, 3.05) is 13.2 Å². The summed E-state index contributed by atoms with van der Waals surface area (Å²) in [5, 5.41) is 0. The van der Waals surface area contributed by atoms with Crippen LogP contribution in [-0.4, -0.2) is 32.2 Å². The average molecular weight is 291 g/mol. The highest BCUT2D eigenvalue weighted by molar-refractivity contribution is 7.85. The van der Waals surface area contributed by atoms with E-state index in [9.17, 15) is 13.2 Å². The minimum atomic E-state index is -4.02. The van der Waals surface area contributed by atoms with Crippen LogP contribution in [0.3, 0.4) is 0 Å². The van der Waals surface area contributed by atoms with Gasteiger partial charge in [0.05, 0.1) is 11.5 Å². The topological polar surface area (TPSA) is 116 Å². The van der Waals surface area contributed by atoms with E-state index in [1.807, 2.05) is 6.92 Å². The Labute approximate surface area is 112 Å². The zero-order chi connectivity index (χ0) is 14.9. The summed E-state index contributed by atoms with van der Waals surface area (Å²) in [6.45, 7) is 3.75. The molecule has 0 radical (unpaired) electrons. The van der Waals surface area contributed by atoms with Gasteiger partial charge in [-0.15, -0.1) is 0 Å². The first-order chi connectivity index (χ1) is 8.81. The van der Waals surface area contributed by atoms with E-state index in [4.69, 9.17) is 4.55 Å². The van der Waals surface area contributed by atoms with Gasteiger partial charge in [-0.3, -0.25) is 9.39 Å². The highest BCUT2D eigenvalue weighted by Crippen LogP contribution is 2.08. The molecule has 0 saturated heterocycles. The van der Waals surface area contributed by atoms with Crippen molar-refractivity contribution in [3.63, 3.8) is 0 Å². The van der Waals surface area contributed by atoms with Crippen molar-refractivity contribution in [1.82, 2.24) is 0 Å². The first-order valence-corrected chi connectivity index (χ1v) is 6.76. The Morgan fingerprint density at radius 2 is 1.84 bits per heavy atom. The van der Waals surface area contributed by atoms with Crippen molar-refractivity contribution in [1.29, 1.82) is 0 Å². The lowest BCUT2D eigenvalue weighted by Gasteiger charge is -1.96. The quantitative estimate of drug-likeness (QED) is 0.476. The van der Waals surface area contributed by atoms with E-state index in [0.29, 0.717) is 6.61 Å². The van der Waals surface area contributed by atoms with E-state index >= 15 is 0 Å². The monoisotopic (exact) mass is 291 g/mol. The maximum Gasteiger partial charge on any atom is 0.334 e. The van der Waals surface area contributed by atoms with Gasteiger partial charge in [0.1, 0.15) is 0 Å². The van der Waals surface area contributed by atoms with E-state index in [0.717, 1.165) is 5.56 Å². The lowest BCUT2D eigenvalue weighted by molar-refractivity contribution is -0.148. The fourth-order valence-corrected chi connectivity index (χ4v) is 1.46. The summed E-state index contributed by atoms with van der Waals surface area (Å²) in [7, 11) is -4.02. The summed E-state index contributed by atoms with van der Waals surface area (Å²) in [6, 6.07) is 5.99. The molecule has 8 heteroatoms. The highest BCUT2D eigenvalue weighted by Gasteiger charge is 2.06. The molecule has 19 heavy (non-hydrogen) atoms. The van der Waals surface area contributed by atoms with Crippen molar-refractivity contribution < 1.29 is 27.3 Å². The van der Waals surface area contributed by atoms with Gasteiger partial charge in [-0.25, -0.2) is 10.7 Å². The molecule has 0 heterocycles. The molecule has 0 bridgehead atoms. The number of aryl methyl sites for hydroxylation is 1. The van der Waals surface area contributed by atoms with Crippen LogP contribution in [-0.2, 0) is 24.5 Å². The van der Waals surface area contributed by atoms with Crippen molar-refractivity contribution in [2.45, 2.75) is 18.7 Å². The standard InChI is InChI=1S/C7H8O3S.C4H9NO3/c1-6-2-4-7(5-3-6)11(8,9)10;1-2-7-4(6)3-8-5/h2-5H,1H3,(H,8,9,10);2-3,5H2,1H3. The first-order valence-electron chi connectivity index (χ1n) is 5.32. The fraction of sp³-hybridized carbons (Fsp3) is 0.364. The van der Waals surface area contributed by atoms with E-state index in [1.165, 1.54) is 12.1 Å². The minimum Gasteiger partial charge on any atom is -0.464 e. The van der Waals surface area contributed by atoms with Gasteiger partial charge in [-0.05, 0) is 26.0 Å². The number of rotatable bonds is 4. The Morgan fingerprint density at radius 3 is 2.21 bits per heavy atom. The van der Waals surface area contributed by atoms with Crippen LogP contribution in [0.15, 0.2) is 29.2 Å². The minimum absolute atomic E-state index is 0.0666. The van der Waals surface area contributed by atoms with Crippen LogP contribution in [0.25, 0.3) is 0 Å². The summed E-state index contributed by atoms with van der Waals surface area (Å²) in [5.74, 6) is 4.12. The van der Waals surface area contributed by atoms with Gasteiger partial charge in [-0.2, -0.15) is 8.42 Å². The molecule has 0 amide bonds. The second-order valence-electron chi connectivity index (χ2n) is 3.40. The molecule has 0 aliphatic carbocycles. The zero-order valence-electron chi connectivity index (χ0n) is 10.7. The molecule has 0 fully saturated rings. The number of ether oxygens (including phenoxy) is 1. The Morgan fingerprint density at radius 1 is 1.32 bits per heavy atom. The molecule has 0 atom stereocenters. The van der Waals surface area contributed by atoms with Crippen LogP contribution in [0.4, 0.5) is 0 Å². The van der Waals surface area contributed by atoms with E-state index in [1.54, 1.807) is 19.1 Å². The Kier molecular flexibility index (Phi) is 7.92. The van der Waals surface area contributed by atoms with Crippen LogP contribution in [0.5, 0.6) is 0 Å². The number of benzene rings is 1. The van der Waals surface area contributed by atoms with Crippen LogP contribution in [0.2, 0.25) is 0 Å². The molecule has 1 rings (SSSR count). The van der Waals surface area contributed by atoms with Crippen LogP contribution >= 0.6 is 0 Å². The smallest absolute Gasteiger partial charge is 0.334 e. The predicted octanol–water partition coefficient (Wildman–Crippen LogP) is 0.682. The first kappa shape index (κ1) is 17.5. The average Bonchev–Trinajstić information content (AvgIpc) is 2.30. The van der Waals surface area contributed by atoms with E-state index in [-0.39, 0.29) is 11.5 Å². The van der Waals surface area contributed by atoms with Crippen molar-refractivity contribution >= 4 is 16.1 Å². The fourth-order valence-electron chi connectivity index (χ4n) is 0.981. The molecule has 0 aliphatic rings. The number of esters is 1. The van der Waals surface area contributed by atoms with Gasteiger partial charge in [0.15, 0.2) is 6.61 Å². The molecule has 0 saturated carbocycles. The maximum atomic E-state index is 10.5. The molecular weight excluding hydrogens is 274 g/mol. The third-order valence-electron chi connectivity index (χ3n) is 1.83. The van der Waals surface area contributed by atoms with Crippen LogP contribution in [0.1, 0.15) is 12.5 Å². The molecule has 0 unspecified atom stereocenters. The number of carbonyl (C=O) groups excluding carboxylic acids is 1. The molecule has 0 aromatic heterocycles. The van der Waals surface area contributed by atoms with Gasteiger partial charge in [-0.1, -0.05) is 17.7 Å². The molecule has 1 aromatic carbocycles. The molecule has 0 spiro atoms. The number of hydrogen-bond donors (Lipinski definition) is 2. The molecule has 7 nitrogen and oxygen atoms in total. The number of carbonyl (C=O) groups is 1. The Hall–Kier alpha value is -1.48. The lowest BCUT2D eigenvalue weighted by atomic mass is 10.2. The zero-order valence-corrected chi connectivity index (χ0v) is 11.5. The molecule has 108 valence electrons. The van der Waals surface area contributed by atoms with E-state index in [2.05, 4.69) is 15.5 Å². The summed E-state index contributed by atoms with van der Waals surface area (Å²) < 4.78 is 34.0. The van der Waals surface area contributed by atoms with Crippen molar-refractivity contribution in [2.24, 2.45) is 5.90 Å². The predicted molar refractivity (Wildman–Crippen MR) is 67.8 cm³/mol. The van der Waals surface area contributed by atoms with Gasteiger partial charge >= 0.3 is 5.97 Å². The van der Waals surface area contributed by atoms with Crippen molar-refractivity contribution in [3.8, 4) is 0 Å². The largest absolute Gasteiger partial charge is 0.464 e. The van der Waals surface area contributed by atoms with Crippen LogP contribution in [0, 0.1) is 6.92 Å². The molecule has 3 N–H and O–H groups in total. The molecule has 1 aromatic rings. The Bertz CT molecular complexity index is 474. The van der Waals surface area contributed by atoms with Gasteiger partial charge in [0, 0.05) is 0 Å². The number of hydrogen-bond acceptors (Lipinski definition) is 6. The lowest BCUT2D eigenvalue weighted by Crippen LogP contribution is -2.14. The van der Waals surface area contributed by atoms with Crippen molar-refractivity contribution in [3.05, 3.63) is 29.8 Å². The number of nitrogens with two attached hydrogens (primary N) is 1. The van der Waals surface area contributed by atoms with Crippen LogP contribution < -0.4 is 5.90 Å². The van der Waals surface area contributed by atoms with Gasteiger partial charge < -0.3 is 4.74 Å². The second-order valence-corrected chi connectivity index (χ2v) is 4.83. The summed E-state index contributed by atoms with van der Waals surface area (Å²) in [6.07, 6.45) is 0. The summed E-state index contributed by atoms with van der Waals surface area (Å²) in [4.78, 5) is 14.1. The SMILES string of the molecule is CCOC(=O)CON.Cc1ccc(S(=O)(=O)O)cc1. The maximum absolute atomic E-state index is 10.5. The third kappa shape index (κ3) is 8.27. The van der Waals surface area contributed by atoms with Gasteiger partial charge in [0.2, 0.25) is 0 Å². The highest BCUT2D eigenvalue weighted by atomic mass is 32.2. The molecule has 0 aliphatic heterocycles. The third-order valence-corrected chi connectivity index (χ3v) is 2.69. The Balaban J connectivity index is 0.000000362. The van der Waals surface area contributed by atoms with E-state index < -0.39 is 16.1 Å². The summed E-state index contributed by atoms with van der Waals surface area (Å²) >= 11 is 0. The summed E-state index contributed by atoms with van der Waals surface area (Å²) in [5.41, 5.74) is 0.956.